The molecule has 1 atom stereocenters. The molecule has 0 amide bonds. The number of esters is 1. The van der Waals surface area contributed by atoms with Gasteiger partial charge < -0.3 is 9.84 Å². The fourth-order valence-corrected chi connectivity index (χ4v) is 4.99. The molecule has 11 heteroatoms. The monoisotopic (exact) mass is 487 g/mol. The molecule has 33 heavy (non-hydrogen) atoms. The van der Waals surface area contributed by atoms with Crippen molar-refractivity contribution in [2.75, 3.05) is 4.72 Å². The molecule has 0 heterocycles. The van der Waals surface area contributed by atoms with Crippen LogP contribution in [0.25, 0.3) is 0 Å². The summed E-state index contributed by atoms with van der Waals surface area (Å²) >= 11 is 0. The largest absolute Gasteiger partial charge is 0.508 e. The van der Waals surface area contributed by atoms with Gasteiger partial charge in [-0.2, -0.15) is 13.2 Å². The lowest BCUT2D eigenvalue weighted by molar-refractivity contribution is -0.178. The molecule has 0 radical (unpaired) electrons. The Kier molecular flexibility index (Phi) is 7.47. The molecule has 0 saturated carbocycles. The van der Waals surface area contributed by atoms with Crippen LogP contribution < -0.4 is 4.72 Å². The molecule has 0 aliphatic rings. The first-order chi connectivity index (χ1) is 15.0. The highest BCUT2D eigenvalue weighted by Crippen LogP contribution is 2.36. The summed E-state index contributed by atoms with van der Waals surface area (Å²) in [5.41, 5.74) is 0.752. The van der Waals surface area contributed by atoms with Crippen LogP contribution in [0.2, 0.25) is 0 Å². The zero-order valence-corrected chi connectivity index (χ0v) is 19.4. The number of alkyl halides is 3. The molecule has 2 N–H and O–H groups in total. The minimum atomic E-state index is -5.40. The molecule has 0 saturated heterocycles. The summed E-state index contributed by atoms with van der Waals surface area (Å²) in [5, 5.41) is 10.1. The first-order valence-electron chi connectivity index (χ1n) is 9.79. The highest BCUT2D eigenvalue weighted by atomic mass is 32.2. The molecule has 1 unspecified atom stereocenters. The van der Waals surface area contributed by atoms with Crippen molar-refractivity contribution in [1.82, 2.24) is 0 Å². The molecule has 180 valence electrons. The van der Waals surface area contributed by atoms with Gasteiger partial charge in [0.25, 0.3) is 15.8 Å². The van der Waals surface area contributed by atoms with Gasteiger partial charge in [0, 0.05) is 11.3 Å². The number of aromatic hydroxyl groups is 1. The number of rotatable bonds is 7. The van der Waals surface area contributed by atoms with Crippen molar-refractivity contribution in [3.8, 4) is 5.75 Å². The van der Waals surface area contributed by atoms with E-state index in [4.69, 9.17) is 4.74 Å². The third-order valence-electron chi connectivity index (χ3n) is 4.59. The van der Waals surface area contributed by atoms with Crippen LogP contribution in [0, 0.1) is 20.8 Å². The topological polar surface area (TPSA) is 110 Å². The number of nitrogens with one attached hydrogen (secondary N) is 1. The van der Waals surface area contributed by atoms with Crippen molar-refractivity contribution in [2.45, 2.75) is 57.7 Å². The molecule has 0 aromatic heterocycles. The third-order valence-corrected chi connectivity index (χ3v) is 6.28. The second-order valence-corrected chi connectivity index (χ2v) is 9.51. The fraction of sp³-hybridized carbons (Fsp3) is 0.364. The SMILES string of the molecule is Cc1cc(C)c(S(=O)(=O)Nc2ccc(O)c(C(C(=O)OC(C)C)C(=O)C(F)(F)F)c2)c(C)c1. The first kappa shape index (κ1) is 26.2. The van der Waals surface area contributed by atoms with Crippen LogP contribution in [0.15, 0.2) is 35.2 Å². The number of benzene rings is 2. The van der Waals surface area contributed by atoms with Crippen LogP contribution in [-0.4, -0.2) is 37.6 Å². The molecule has 0 aliphatic carbocycles. The van der Waals surface area contributed by atoms with E-state index in [2.05, 4.69) is 4.72 Å². The van der Waals surface area contributed by atoms with Gasteiger partial charge in [-0.15, -0.1) is 0 Å². The van der Waals surface area contributed by atoms with E-state index in [1.165, 1.54) is 13.8 Å². The van der Waals surface area contributed by atoms with Crippen LogP contribution in [-0.2, 0) is 24.3 Å². The zero-order valence-electron chi connectivity index (χ0n) is 18.6. The van der Waals surface area contributed by atoms with E-state index in [1.54, 1.807) is 32.9 Å². The lowest BCUT2D eigenvalue weighted by atomic mass is 9.93. The van der Waals surface area contributed by atoms with Crippen molar-refractivity contribution in [2.24, 2.45) is 0 Å². The standard InChI is InChI=1S/C22H24F3NO6S/c1-11(2)32-21(29)18(20(28)22(23,24)25)16-10-15(6-7-17(16)27)26-33(30,31)19-13(4)8-12(3)9-14(19)5/h6-11,18,26-27H,1-5H3. The number of carbonyl (C=O) groups excluding carboxylic acids is 2. The van der Waals surface area contributed by atoms with Gasteiger partial charge in [-0.25, -0.2) is 8.42 Å². The van der Waals surface area contributed by atoms with E-state index >= 15 is 0 Å². The molecule has 0 bridgehead atoms. The van der Waals surface area contributed by atoms with Gasteiger partial charge in [0.1, 0.15) is 5.75 Å². The molecule has 2 aromatic rings. The van der Waals surface area contributed by atoms with Gasteiger partial charge in [0.2, 0.25) is 0 Å². The van der Waals surface area contributed by atoms with Crippen LogP contribution >= 0.6 is 0 Å². The van der Waals surface area contributed by atoms with Crippen LogP contribution in [0.5, 0.6) is 5.75 Å². The van der Waals surface area contributed by atoms with E-state index in [9.17, 15) is 36.3 Å². The highest BCUT2D eigenvalue weighted by molar-refractivity contribution is 7.92. The Labute approximate surface area is 189 Å². The van der Waals surface area contributed by atoms with E-state index < -0.39 is 51.3 Å². The summed E-state index contributed by atoms with van der Waals surface area (Å²) in [4.78, 5) is 24.3. The molecular formula is C22H24F3NO6S. The first-order valence-corrected chi connectivity index (χ1v) is 11.3. The summed E-state index contributed by atoms with van der Waals surface area (Å²) < 4.78 is 72.5. The van der Waals surface area contributed by atoms with Crippen LogP contribution in [0.1, 0.15) is 42.0 Å². The zero-order chi connectivity index (χ0) is 25.3. The maximum atomic E-state index is 13.2. The number of halogens is 3. The molecule has 2 rings (SSSR count). The predicted molar refractivity (Wildman–Crippen MR) is 115 cm³/mol. The van der Waals surface area contributed by atoms with Gasteiger partial charge >= 0.3 is 12.1 Å². The Balaban J connectivity index is 2.57. The van der Waals surface area contributed by atoms with Gasteiger partial charge in [-0.1, -0.05) is 17.7 Å². The van der Waals surface area contributed by atoms with Gasteiger partial charge in [-0.05, 0) is 63.9 Å². The van der Waals surface area contributed by atoms with E-state index in [-0.39, 0.29) is 10.6 Å². The minimum Gasteiger partial charge on any atom is -0.508 e. The summed E-state index contributed by atoms with van der Waals surface area (Å²) in [6.45, 7) is 7.74. The van der Waals surface area contributed by atoms with Crippen molar-refractivity contribution >= 4 is 27.5 Å². The summed E-state index contributed by atoms with van der Waals surface area (Å²) in [6.07, 6.45) is -6.24. The van der Waals surface area contributed by atoms with E-state index in [0.717, 1.165) is 23.8 Å². The average Bonchev–Trinajstić information content (AvgIpc) is 2.61. The maximum absolute atomic E-state index is 13.2. The van der Waals surface area contributed by atoms with Gasteiger partial charge in [0.15, 0.2) is 5.92 Å². The smallest absolute Gasteiger partial charge is 0.451 e. The molecular weight excluding hydrogens is 463 g/mol. The van der Waals surface area contributed by atoms with Crippen molar-refractivity contribution in [3.05, 3.63) is 52.6 Å². The Morgan fingerprint density at radius 2 is 1.58 bits per heavy atom. The Morgan fingerprint density at radius 3 is 2.06 bits per heavy atom. The molecule has 0 spiro atoms. The predicted octanol–water partition coefficient (Wildman–Crippen LogP) is 4.28. The Bertz CT molecular complexity index is 1170. The van der Waals surface area contributed by atoms with E-state index in [1.807, 2.05) is 0 Å². The summed E-state index contributed by atoms with van der Waals surface area (Å²) in [5.74, 6) is -7.30. The fourth-order valence-electron chi connectivity index (χ4n) is 3.49. The Morgan fingerprint density at radius 1 is 1.03 bits per heavy atom. The number of hydrogen-bond donors (Lipinski definition) is 2. The third kappa shape index (κ3) is 6.04. The van der Waals surface area contributed by atoms with E-state index in [0.29, 0.717) is 11.1 Å². The second kappa shape index (κ2) is 9.42. The highest BCUT2D eigenvalue weighted by Gasteiger charge is 2.48. The number of Topliss-reactive ketones (excluding diaryl/α,β-unsaturated/α-hetero) is 1. The summed E-state index contributed by atoms with van der Waals surface area (Å²) in [6, 6.07) is 6.11. The summed E-state index contributed by atoms with van der Waals surface area (Å²) in [7, 11) is -4.19. The second-order valence-electron chi connectivity index (χ2n) is 7.89. The number of ether oxygens (including phenoxy) is 1. The Hall–Kier alpha value is -3.08. The quantitative estimate of drug-likeness (QED) is 0.343. The number of aryl methyl sites for hydroxylation is 3. The number of phenols is 1. The number of ketones is 1. The molecule has 7 nitrogen and oxygen atoms in total. The molecule has 2 aromatic carbocycles. The van der Waals surface area contributed by atoms with Crippen LogP contribution in [0.4, 0.5) is 18.9 Å². The number of phenolic OH excluding ortho intramolecular Hbond substituents is 1. The molecule has 0 fully saturated rings. The molecule has 0 aliphatic heterocycles. The minimum absolute atomic E-state index is 0.0233. The maximum Gasteiger partial charge on any atom is 0.451 e. The normalized spacial score (nSPS) is 13.0. The van der Waals surface area contributed by atoms with Crippen molar-refractivity contribution < 1.29 is 41.0 Å². The number of sulfonamides is 1. The van der Waals surface area contributed by atoms with Crippen LogP contribution in [0.3, 0.4) is 0 Å². The number of carbonyl (C=O) groups is 2. The van der Waals surface area contributed by atoms with Gasteiger partial charge in [-0.3, -0.25) is 14.3 Å². The van der Waals surface area contributed by atoms with Crippen molar-refractivity contribution in [1.29, 1.82) is 0 Å². The number of anilines is 1. The van der Waals surface area contributed by atoms with Gasteiger partial charge in [0.05, 0.1) is 11.0 Å². The number of hydrogen-bond acceptors (Lipinski definition) is 6. The van der Waals surface area contributed by atoms with Crippen molar-refractivity contribution in [3.63, 3.8) is 0 Å². The average molecular weight is 487 g/mol. The lowest BCUT2D eigenvalue weighted by Crippen LogP contribution is -2.35. The lowest BCUT2D eigenvalue weighted by Gasteiger charge is -2.20.